The van der Waals surface area contributed by atoms with Crippen LogP contribution in [-0.4, -0.2) is 32.4 Å². The molecule has 0 aromatic carbocycles. The normalized spacial score (nSPS) is 13.6. The molecule has 19 heavy (non-hydrogen) atoms. The monoisotopic (exact) mass is 398 g/mol. The van der Waals surface area contributed by atoms with Crippen LogP contribution in [0.5, 0.6) is 0 Å². The van der Waals surface area contributed by atoms with Gasteiger partial charge in [-0.05, 0) is 41.5 Å². The van der Waals surface area contributed by atoms with E-state index in [0.29, 0.717) is 5.82 Å². The van der Waals surface area contributed by atoms with E-state index in [4.69, 9.17) is 4.74 Å². The van der Waals surface area contributed by atoms with Crippen molar-refractivity contribution in [1.29, 1.82) is 0 Å². The fourth-order valence-corrected chi connectivity index (χ4v) is 3.51. The van der Waals surface area contributed by atoms with E-state index >= 15 is 0 Å². The molecule has 0 radical (unpaired) electrons. The second kappa shape index (κ2) is 6.85. The second-order valence-electron chi connectivity index (χ2n) is 4.67. The highest BCUT2D eigenvalue weighted by molar-refractivity contribution is 14.1. The Hall–Kier alpha value is -0.410. The van der Waals surface area contributed by atoms with E-state index < -0.39 is 10.0 Å². The van der Waals surface area contributed by atoms with Gasteiger partial charge in [0.15, 0.2) is 0 Å². The van der Waals surface area contributed by atoms with Gasteiger partial charge in [0.05, 0.1) is 11.9 Å². The van der Waals surface area contributed by atoms with Crippen molar-refractivity contribution in [2.45, 2.75) is 26.9 Å². The van der Waals surface area contributed by atoms with Crippen LogP contribution in [0.4, 0.5) is 5.82 Å². The van der Waals surface area contributed by atoms with Crippen LogP contribution in [0.2, 0.25) is 0 Å². The first kappa shape index (κ1) is 16.6. The smallest absolute Gasteiger partial charge is 0.236 e. The molecule has 0 spiro atoms. The summed E-state index contributed by atoms with van der Waals surface area (Å²) in [6.45, 7) is 5.69. The lowest BCUT2D eigenvalue weighted by Gasteiger charge is -2.19. The van der Waals surface area contributed by atoms with E-state index in [2.05, 4.69) is 32.3 Å². The zero-order valence-electron chi connectivity index (χ0n) is 11.5. The van der Waals surface area contributed by atoms with E-state index in [0.717, 1.165) is 9.13 Å². The Kier molecular flexibility index (Phi) is 6.00. The van der Waals surface area contributed by atoms with Crippen LogP contribution >= 0.6 is 22.6 Å². The van der Waals surface area contributed by atoms with Gasteiger partial charge in [-0.3, -0.25) is 4.72 Å². The summed E-state index contributed by atoms with van der Waals surface area (Å²) in [4.78, 5) is 4.07. The van der Waals surface area contributed by atoms with E-state index in [9.17, 15) is 8.42 Å². The average molecular weight is 398 g/mol. The molecular weight excluding hydrogens is 379 g/mol. The molecule has 1 atom stereocenters. The summed E-state index contributed by atoms with van der Waals surface area (Å²) in [5.74, 6) is 0.436. The highest BCUT2D eigenvalue weighted by atomic mass is 127. The third-order valence-corrected chi connectivity index (χ3v) is 5.26. The topological polar surface area (TPSA) is 68.3 Å². The maximum Gasteiger partial charge on any atom is 0.236 e. The molecule has 0 saturated heterocycles. The molecule has 0 aliphatic heterocycles. The Labute approximate surface area is 128 Å². The van der Waals surface area contributed by atoms with E-state index in [-0.39, 0.29) is 17.8 Å². The van der Waals surface area contributed by atoms with Crippen molar-refractivity contribution < 1.29 is 13.2 Å². The fraction of sp³-hybridized carbons (Fsp3) is 0.583. The summed E-state index contributed by atoms with van der Waals surface area (Å²) in [5.41, 5.74) is 0.824. The molecule has 108 valence electrons. The average Bonchev–Trinajstić information content (AvgIpc) is 2.31. The quantitative estimate of drug-likeness (QED) is 0.748. The lowest BCUT2D eigenvalue weighted by Crippen LogP contribution is -2.31. The van der Waals surface area contributed by atoms with Crippen LogP contribution in [0.1, 0.15) is 19.4 Å². The maximum absolute atomic E-state index is 12.1. The Morgan fingerprint density at radius 1 is 1.47 bits per heavy atom. The number of nitrogens with one attached hydrogen (secondary N) is 1. The molecule has 0 fully saturated rings. The first-order valence-electron chi connectivity index (χ1n) is 5.91. The van der Waals surface area contributed by atoms with Crippen molar-refractivity contribution in [2.75, 3.05) is 17.6 Å². The number of pyridine rings is 1. The van der Waals surface area contributed by atoms with Crippen molar-refractivity contribution in [2.24, 2.45) is 5.92 Å². The summed E-state index contributed by atoms with van der Waals surface area (Å²) in [6, 6.07) is 1.83. The first-order valence-corrected chi connectivity index (χ1v) is 8.64. The number of methoxy groups -OCH3 is 1. The van der Waals surface area contributed by atoms with Gasteiger partial charge in [-0.25, -0.2) is 13.4 Å². The van der Waals surface area contributed by atoms with Crippen LogP contribution in [0.15, 0.2) is 12.3 Å². The van der Waals surface area contributed by atoms with Crippen molar-refractivity contribution in [1.82, 2.24) is 4.98 Å². The van der Waals surface area contributed by atoms with Crippen molar-refractivity contribution in [3.05, 3.63) is 21.4 Å². The largest absolute Gasteiger partial charge is 0.380 e. The van der Waals surface area contributed by atoms with E-state index in [1.54, 1.807) is 6.20 Å². The van der Waals surface area contributed by atoms with Gasteiger partial charge >= 0.3 is 0 Å². The second-order valence-corrected chi connectivity index (χ2v) is 7.60. The van der Waals surface area contributed by atoms with Gasteiger partial charge in [0.1, 0.15) is 5.82 Å². The molecule has 1 N–H and O–H groups in total. The number of hydrogen-bond acceptors (Lipinski definition) is 4. The molecule has 1 rings (SSSR count). The predicted molar refractivity (Wildman–Crippen MR) is 84.7 cm³/mol. The number of rotatable bonds is 6. The molecule has 0 bridgehead atoms. The van der Waals surface area contributed by atoms with Crippen LogP contribution in [0.3, 0.4) is 0 Å². The van der Waals surface area contributed by atoms with Crippen LogP contribution in [0, 0.1) is 16.4 Å². The standard InChI is InChI=1S/C12H19IN2O3S/c1-8(2)11(18-4)7-19(16,17)15-12-9(3)10(13)5-6-14-12/h5-6,8,11H,7H2,1-4H3,(H,14,15). The fourth-order valence-electron chi connectivity index (χ4n) is 1.55. The minimum absolute atomic E-state index is 0.0756. The van der Waals surface area contributed by atoms with Gasteiger partial charge < -0.3 is 4.74 Å². The highest BCUT2D eigenvalue weighted by Crippen LogP contribution is 2.19. The van der Waals surface area contributed by atoms with Crippen LogP contribution in [-0.2, 0) is 14.8 Å². The summed E-state index contributed by atoms with van der Waals surface area (Å²) >= 11 is 2.15. The molecule has 5 nitrogen and oxygen atoms in total. The van der Waals surface area contributed by atoms with Gasteiger partial charge in [0.2, 0.25) is 10.0 Å². The highest BCUT2D eigenvalue weighted by Gasteiger charge is 2.22. The van der Waals surface area contributed by atoms with Gasteiger partial charge in [-0.1, -0.05) is 13.8 Å². The summed E-state index contributed by atoms with van der Waals surface area (Å²) < 4.78 is 32.9. The zero-order valence-corrected chi connectivity index (χ0v) is 14.4. The summed E-state index contributed by atoms with van der Waals surface area (Å²) in [6.07, 6.45) is 1.25. The van der Waals surface area contributed by atoms with Crippen molar-refractivity contribution >= 4 is 38.4 Å². The number of halogens is 1. The molecule has 0 aliphatic carbocycles. The SMILES string of the molecule is COC(CS(=O)(=O)Nc1nccc(I)c1C)C(C)C. The third-order valence-electron chi connectivity index (χ3n) is 2.82. The van der Waals surface area contributed by atoms with E-state index in [1.165, 1.54) is 7.11 Å². The van der Waals surface area contributed by atoms with Crippen LogP contribution < -0.4 is 4.72 Å². The summed E-state index contributed by atoms with van der Waals surface area (Å²) in [5, 5.41) is 0. The van der Waals surface area contributed by atoms with Crippen molar-refractivity contribution in [3.8, 4) is 0 Å². The number of hydrogen-bond donors (Lipinski definition) is 1. The predicted octanol–water partition coefficient (Wildman–Crippen LogP) is 2.41. The Bertz CT molecular complexity index is 532. The minimum atomic E-state index is -3.47. The van der Waals surface area contributed by atoms with E-state index in [1.807, 2.05) is 26.8 Å². The molecule has 0 aliphatic rings. The number of nitrogens with zero attached hydrogens (tertiary/aromatic N) is 1. The Balaban J connectivity index is 2.88. The molecule has 7 heteroatoms. The zero-order chi connectivity index (χ0) is 14.6. The maximum atomic E-state index is 12.1. The molecule has 1 aromatic rings. The minimum Gasteiger partial charge on any atom is -0.380 e. The first-order chi connectivity index (χ1) is 8.76. The van der Waals surface area contributed by atoms with Crippen LogP contribution in [0.25, 0.3) is 0 Å². The van der Waals surface area contributed by atoms with Crippen molar-refractivity contribution in [3.63, 3.8) is 0 Å². The van der Waals surface area contributed by atoms with Gasteiger partial charge in [0.25, 0.3) is 0 Å². The number of anilines is 1. The molecule has 0 saturated carbocycles. The summed E-state index contributed by atoms with van der Waals surface area (Å²) in [7, 11) is -1.95. The Morgan fingerprint density at radius 3 is 2.63 bits per heavy atom. The number of sulfonamides is 1. The number of ether oxygens (including phenoxy) is 1. The lowest BCUT2D eigenvalue weighted by atomic mass is 10.1. The number of aromatic nitrogens is 1. The molecular formula is C12H19IN2O3S. The molecule has 1 unspecified atom stereocenters. The third kappa shape index (κ3) is 4.88. The lowest BCUT2D eigenvalue weighted by molar-refractivity contribution is 0.0829. The van der Waals surface area contributed by atoms with Gasteiger partial charge in [-0.2, -0.15) is 0 Å². The van der Waals surface area contributed by atoms with Gasteiger partial charge in [-0.15, -0.1) is 0 Å². The molecule has 0 amide bonds. The molecule has 1 aromatic heterocycles. The molecule has 1 heterocycles. The van der Waals surface area contributed by atoms with Gasteiger partial charge in [0, 0.05) is 22.4 Å². The Morgan fingerprint density at radius 2 is 2.11 bits per heavy atom.